The average Bonchev–Trinajstić information content (AvgIpc) is 3.68. The molecule has 258 valence electrons. The van der Waals surface area contributed by atoms with Gasteiger partial charge in [-0.1, -0.05) is 72.8 Å². The first-order valence-electron chi connectivity index (χ1n) is 16.8. The normalized spacial score (nSPS) is 33.4. The quantitative estimate of drug-likeness (QED) is 0.0804. The number of esters is 2. The van der Waals surface area contributed by atoms with Crippen LogP contribution < -0.4 is 0 Å². The third-order valence-corrected chi connectivity index (χ3v) is 14.4. The van der Waals surface area contributed by atoms with Gasteiger partial charge in [0.1, 0.15) is 17.8 Å². The van der Waals surface area contributed by atoms with Crippen LogP contribution in [0.4, 0.5) is 0 Å². The Kier molecular flexibility index (Phi) is 14.3. The van der Waals surface area contributed by atoms with Crippen molar-refractivity contribution in [3.05, 3.63) is 36.0 Å². The van der Waals surface area contributed by atoms with Crippen LogP contribution >= 0.6 is 0 Å². The summed E-state index contributed by atoms with van der Waals surface area (Å²) in [5.41, 5.74) is -0.559. The van der Waals surface area contributed by atoms with Crippen LogP contribution in [0.3, 0.4) is 0 Å². The van der Waals surface area contributed by atoms with E-state index in [1.807, 2.05) is 32.1 Å². The molecule has 2 rings (SSSR count). The second kappa shape index (κ2) is 16.4. The van der Waals surface area contributed by atoms with Crippen molar-refractivity contribution in [3.8, 4) is 0 Å². The lowest BCUT2D eigenvalue weighted by molar-refractivity contribution is -0.157. The molecule has 0 amide bonds. The fraction of sp³-hybridized carbons (Fsp3) is 0.778. The van der Waals surface area contributed by atoms with Crippen molar-refractivity contribution in [2.45, 2.75) is 162 Å². The van der Waals surface area contributed by atoms with Crippen LogP contribution in [-0.4, -0.2) is 72.7 Å². The van der Waals surface area contributed by atoms with Crippen molar-refractivity contribution in [2.75, 3.05) is 0 Å². The van der Waals surface area contributed by atoms with E-state index in [-0.39, 0.29) is 54.4 Å². The Labute approximate surface area is 273 Å². The highest BCUT2D eigenvalue weighted by Crippen LogP contribution is 2.42. The molecule has 8 nitrogen and oxygen atoms in total. The van der Waals surface area contributed by atoms with Gasteiger partial charge in [0, 0.05) is 24.9 Å². The Hall–Kier alpha value is -1.78. The number of allylic oxidation sites excluding steroid dienone is 3. The molecule has 2 N–H and O–H groups in total. The fourth-order valence-corrected chi connectivity index (χ4v) is 7.20. The van der Waals surface area contributed by atoms with E-state index in [0.29, 0.717) is 5.92 Å². The van der Waals surface area contributed by atoms with Crippen molar-refractivity contribution < 1.29 is 38.4 Å². The maximum atomic E-state index is 12.7. The lowest BCUT2D eigenvalue weighted by Crippen LogP contribution is -2.46. The largest absolute Gasteiger partial charge is 0.457 e. The number of carbonyl (C=O) groups is 2. The van der Waals surface area contributed by atoms with Crippen LogP contribution in [0.25, 0.3) is 0 Å². The zero-order chi connectivity index (χ0) is 34.3. The van der Waals surface area contributed by atoms with E-state index >= 15 is 0 Å². The van der Waals surface area contributed by atoms with Gasteiger partial charge in [0.15, 0.2) is 8.32 Å². The molecule has 2 aliphatic heterocycles. The summed E-state index contributed by atoms with van der Waals surface area (Å²) >= 11 is 0. The summed E-state index contributed by atoms with van der Waals surface area (Å²) in [6, 6.07) is 0. The van der Waals surface area contributed by atoms with Gasteiger partial charge in [0.2, 0.25) is 0 Å². The maximum Gasteiger partial charge on any atom is 0.309 e. The van der Waals surface area contributed by atoms with E-state index < -0.39 is 44.2 Å². The highest BCUT2D eigenvalue weighted by atomic mass is 28.4. The van der Waals surface area contributed by atoms with Gasteiger partial charge >= 0.3 is 11.9 Å². The van der Waals surface area contributed by atoms with Gasteiger partial charge in [-0.15, -0.1) is 0 Å². The first-order chi connectivity index (χ1) is 20.7. The van der Waals surface area contributed by atoms with Crippen molar-refractivity contribution in [3.63, 3.8) is 0 Å². The molecule has 0 bridgehead atoms. The van der Waals surface area contributed by atoms with E-state index in [1.165, 1.54) is 6.92 Å². The van der Waals surface area contributed by atoms with E-state index in [2.05, 4.69) is 60.7 Å². The number of aliphatic hydroxyl groups excluding tert-OH is 1. The first kappa shape index (κ1) is 39.4. The molecule has 45 heavy (non-hydrogen) atoms. The number of epoxide rings is 1. The molecule has 0 aromatic heterocycles. The van der Waals surface area contributed by atoms with Gasteiger partial charge in [0.25, 0.3) is 0 Å². The van der Waals surface area contributed by atoms with Crippen LogP contribution in [0.2, 0.25) is 18.1 Å². The second-order valence-corrected chi connectivity index (χ2v) is 20.0. The highest BCUT2D eigenvalue weighted by Gasteiger charge is 2.48. The second-order valence-electron chi connectivity index (χ2n) is 15.3. The number of aliphatic hydroxyl groups is 2. The minimum absolute atomic E-state index is 0.152. The summed E-state index contributed by atoms with van der Waals surface area (Å²) in [4.78, 5) is 24.5. The Morgan fingerprint density at radius 1 is 1.22 bits per heavy atom. The number of carbonyl (C=O) groups excluding carboxylic acids is 2. The summed E-state index contributed by atoms with van der Waals surface area (Å²) in [7, 11) is -1.86. The minimum atomic E-state index is -1.86. The Morgan fingerprint density at radius 2 is 1.87 bits per heavy atom. The molecule has 0 unspecified atom stereocenters. The van der Waals surface area contributed by atoms with Crippen LogP contribution in [0.1, 0.15) is 101 Å². The third kappa shape index (κ3) is 12.1. The van der Waals surface area contributed by atoms with Crippen LogP contribution in [0.5, 0.6) is 0 Å². The predicted molar refractivity (Wildman–Crippen MR) is 181 cm³/mol. The Morgan fingerprint density at radius 3 is 2.44 bits per heavy atom. The van der Waals surface area contributed by atoms with Gasteiger partial charge in [0.05, 0.1) is 24.7 Å². The molecule has 0 aromatic rings. The maximum absolute atomic E-state index is 12.7. The summed E-state index contributed by atoms with van der Waals surface area (Å²) in [5.74, 6) is -0.658. The fourth-order valence-electron chi connectivity index (χ4n) is 5.70. The third-order valence-electron chi connectivity index (χ3n) is 9.85. The molecule has 0 aromatic carbocycles. The molecule has 1 fully saturated rings. The molecular formula is C36H62O8Si. The zero-order valence-corrected chi connectivity index (χ0v) is 31.0. The molecule has 0 aliphatic carbocycles. The van der Waals surface area contributed by atoms with Gasteiger partial charge in [-0.3, -0.25) is 9.59 Å². The van der Waals surface area contributed by atoms with Gasteiger partial charge < -0.3 is 28.8 Å². The zero-order valence-electron chi connectivity index (χ0n) is 30.0. The molecule has 1 saturated heterocycles. The average molecular weight is 651 g/mol. The Balaban J connectivity index is 2.09. The van der Waals surface area contributed by atoms with Crippen LogP contribution in [0.15, 0.2) is 36.0 Å². The van der Waals surface area contributed by atoms with Crippen molar-refractivity contribution in [1.29, 1.82) is 0 Å². The van der Waals surface area contributed by atoms with Crippen LogP contribution in [-0.2, 0) is 28.2 Å². The lowest BCUT2D eigenvalue weighted by Gasteiger charge is -2.40. The molecule has 9 heteroatoms. The number of rotatable bonds is 11. The summed E-state index contributed by atoms with van der Waals surface area (Å²) in [6.07, 6.45) is 9.74. The first-order valence-corrected chi connectivity index (χ1v) is 19.7. The molecule has 0 radical (unpaired) electrons. The lowest BCUT2D eigenvalue weighted by atomic mass is 9.88. The number of ether oxygens (including phenoxy) is 3. The molecule has 0 spiro atoms. The topological polar surface area (TPSA) is 115 Å². The van der Waals surface area contributed by atoms with Gasteiger partial charge in [-0.05, 0) is 75.2 Å². The van der Waals surface area contributed by atoms with Gasteiger partial charge in [-0.2, -0.15) is 0 Å². The molecule has 2 aliphatic rings. The Bertz CT molecular complexity index is 1070. The van der Waals surface area contributed by atoms with Crippen molar-refractivity contribution in [2.24, 2.45) is 17.8 Å². The summed E-state index contributed by atoms with van der Waals surface area (Å²) < 4.78 is 24.2. The number of cyclic esters (lactones) is 1. The van der Waals surface area contributed by atoms with E-state index in [4.69, 9.17) is 18.6 Å². The molecule has 0 saturated carbocycles. The van der Waals surface area contributed by atoms with Crippen molar-refractivity contribution >= 4 is 20.3 Å². The van der Waals surface area contributed by atoms with E-state index in [9.17, 15) is 19.8 Å². The summed E-state index contributed by atoms with van der Waals surface area (Å²) in [5, 5.41) is 21.6. The predicted octanol–water partition coefficient (Wildman–Crippen LogP) is 7.05. The van der Waals surface area contributed by atoms with Gasteiger partial charge in [-0.25, -0.2) is 0 Å². The monoisotopic (exact) mass is 650 g/mol. The standard InChI is InChI=1S/C36H62O8Si/c1-13-29(44-45(11,12)35(7,8)9)26(5)34-30(42-34)21-23(2)15-14-16-24(3)33-25(4)17-18-31(41-27(6)37)36(10,40)20-19-28(38)22-32(39)43-33/h14-18,23,25-26,28-31,33-34,38,40H,13,19-22H2,1-12H3/b15-14+,18-17+,24-16+/t23-,25+,26-,28-,29-,30-,31+,33-,34-,36-/m1/s1. The van der Waals surface area contributed by atoms with Crippen molar-refractivity contribution in [1.82, 2.24) is 0 Å². The molecule has 10 atom stereocenters. The highest BCUT2D eigenvalue weighted by molar-refractivity contribution is 6.74. The molecule has 2 heterocycles. The van der Waals surface area contributed by atoms with E-state index in [0.717, 1.165) is 18.4 Å². The molecular weight excluding hydrogens is 588 g/mol. The number of hydrogen-bond acceptors (Lipinski definition) is 8. The smallest absolute Gasteiger partial charge is 0.309 e. The summed E-state index contributed by atoms with van der Waals surface area (Å²) in [6.45, 7) is 24.8. The minimum Gasteiger partial charge on any atom is -0.457 e. The number of hydrogen-bond donors (Lipinski definition) is 2. The van der Waals surface area contributed by atoms with Crippen LogP contribution in [0, 0.1) is 17.8 Å². The van der Waals surface area contributed by atoms with E-state index in [1.54, 1.807) is 13.0 Å². The SMILES string of the molecule is CC[C@@H](O[Si](C)(C)C(C)(C)C)[C@@H](C)[C@H]1O[C@@H]1C[C@H](C)/C=C/C=C(\C)[C@H]1OC(=O)C[C@H](O)CC[C@@](C)(O)[C@@H](OC(C)=O)/C=C/[C@@H]1C.